The van der Waals surface area contributed by atoms with Gasteiger partial charge in [-0.1, -0.05) is 13.8 Å². The first kappa shape index (κ1) is 15.4. The molecule has 1 aromatic rings. The molecular weight excluding hydrogens is 250 g/mol. The summed E-state index contributed by atoms with van der Waals surface area (Å²) in [5.74, 6) is 0.683. The SMILES string of the molecule is CC(C)CN1CCN(Cc2ccncc2)C[C@H]1CCO. The summed E-state index contributed by atoms with van der Waals surface area (Å²) < 4.78 is 0. The first-order valence-electron chi connectivity index (χ1n) is 7.65. The molecule has 1 aromatic heterocycles. The Hall–Kier alpha value is -0.970. The molecule has 2 rings (SSSR count). The van der Waals surface area contributed by atoms with Crippen LogP contribution < -0.4 is 0 Å². The lowest BCUT2D eigenvalue weighted by atomic mass is 10.1. The van der Waals surface area contributed by atoms with Gasteiger partial charge in [0.1, 0.15) is 0 Å². The molecule has 0 saturated carbocycles. The maximum Gasteiger partial charge on any atom is 0.0446 e. The van der Waals surface area contributed by atoms with E-state index in [2.05, 4.69) is 40.8 Å². The lowest BCUT2D eigenvalue weighted by molar-refractivity contribution is 0.0477. The van der Waals surface area contributed by atoms with E-state index >= 15 is 0 Å². The molecule has 0 spiro atoms. The second-order valence-electron chi connectivity index (χ2n) is 6.15. The third-order valence-electron chi connectivity index (χ3n) is 3.91. The minimum atomic E-state index is 0.280. The molecule has 0 radical (unpaired) electrons. The molecule has 0 aromatic carbocycles. The van der Waals surface area contributed by atoms with Crippen LogP contribution in [0.2, 0.25) is 0 Å². The van der Waals surface area contributed by atoms with E-state index in [1.807, 2.05) is 12.4 Å². The summed E-state index contributed by atoms with van der Waals surface area (Å²) in [5.41, 5.74) is 1.32. The predicted molar refractivity (Wildman–Crippen MR) is 81.4 cm³/mol. The van der Waals surface area contributed by atoms with E-state index in [4.69, 9.17) is 0 Å². The monoisotopic (exact) mass is 277 g/mol. The summed E-state index contributed by atoms with van der Waals surface area (Å²) in [6.07, 6.45) is 4.59. The van der Waals surface area contributed by atoms with Crippen LogP contribution in [0.15, 0.2) is 24.5 Å². The molecule has 0 amide bonds. The first-order valence-corrected chi connectivity index (χ1v) is 7.65. The topological polar surface area (TPSA) is 39.6 Å². The summed E-state index contributed by atoms with van der Waals surface area (Å²) in [7, 11) is 0. The van der Waals surface area contributed by atoms with E-state index in [9.17, 15) is 5.11 Å². The number of aromatic nitrogens is 1. The van der Waals surface area contributed by atoms with Crippen LogP contribution in [-0.4, -0.2) is 58.7 Å². The minimum absolute atomic E-state index is 0.280. The van der Waals surface area contributed by atoms with Crippen LogP contribution in [0.1, 0.15) is 25.8 Å². The number of aliphatic hydroxyl groups excluding tert-OH is 1. The molecule has 0 aliphatic carbocycles. The van der Waals surface area contributed by atoms with Crippen LogP contribution in [0, 0.1) is 5.92 Å². The molecule has 1 aliphatic rings. The molecular formula is C16H27N3O. The molecule has 1 fully saturated rings. The molecule has 20 heavy (non-hydrogen) atoms. The van der Waals surface area contributed by atoms with Gasteiger partial charge in [-0.25, -0.2) is 0 Å². The highest BCUT2D eigenvalue weighted by Gasteiger charge is 2.26. The predicted octanol–water partition coefficient (Wildman–Crippen LogP) is 1.61. The number of aliphatic hydroxyl groups is 1. The molecule has 112 valence electrons. The summed E-state index contributed by atoms with van der Waals surface area (Å²) in [4.78, 5) is 9.11. The Balaban J connectivity index is 1.92. The van der Waals surface area contributed by atoms with Gasteiger partial charge in [-0.05, 0) is 30.0 Å². The van der Waals surface area contributed by atoms with Crippen LogP contribution >= 0.6 is 0 Å². The average Bonchev–Trinajstić information content (AvgIpc) is 2.43. The molecule has 1 atom stereocenters. The molecule has 1 saturated heterocycles. The Morgan fingerprint density at radius 3 is 2.70 bits per heavy atom. The Morgan fingerprint density at radius 2 is 2.05 bits per heavy atom. The van der Waals surface area contributed by atoms with Crippen LogP contribution in [-0.2, 0) is 6.54 Å². The quantitative estimate of drug-likeness (QED) is 0.857. The lowest BCUT2D eigenvalue weighted by Crippen LogP contribution is -2.53. The van der Waals surface area contributed by atoms with E-state index < -0.39 is 0 Å². The van der Waals surface area contributed by atoms with Gasteiger partial charge >= 0.3 is 0 Å². The molecule has 0 bridgehead atoms. The number of hydrogen-bond donors (Lipinski definition) is 1. The van der Waals surface area contributed by atoms with Gasteiger partial charge in [0.15, 0.2) is 0 Å². The van der Waals surface area contributed by atoms with Gasteiger partial charge in [0.05, 0.1) is 0 Å². The van der Waals surface area contributed by atoms with Gasteiger partial charge in [-0.3, -0.25) is 14.8 Å². The van der Waals surface area contributed by atoms with Crippen molar-refractivity contribution in [3.8, 4) is 0 Å². The third-order valence-corrected chi connectivity index (χ3v) is 3.91. The summed E-state index contributed by atoms with van der Waals surface area (Å²) in [6.45, 7) is 10.2. The summed E-state index contributed by atoms with van der Waals surface area (Å²) >= 11 is 0. The van der Waals surface area contributed by atoms with Crippen LogP contribution in [0.25, 0.3) is 0 Å². The fourth-order valence-corrected chi connectivity index (χ4v) is 2.98. The smallest absolute Gasteiger partial charge is 0.0446 e. The third kappa shape index (κ3) is 4.54. The van der Waals surface area contributed by atoms with Crippen LogP contribution in [0.3, 0.4) is 0 Å². The highest BCUT2D eigenvalue weighted by atomic mass is 16.3. The first-order chi connectivity index (χ1) is 9.69. The highest BCUT2D eigenvalue weighted by molar-refractivity contribution is 5.09. The molecule has 4 heteroatoms. The van der Waals surface area contributed by atoms with Crippen molar-refractivity contribution in [1.82, 2.24) is 14.8 Å². The second kappa shape index (κ2) is 7.72. The number of nitrogens with zero attached hydrogens (tertiary/aromatic N) is 3. The number of piperazine rings is 1. The Morgan fingerprint density at radius 1 is 1.30 bits per heavy atom. The Kier molecular flexibility index (Phi) is 5.95. The molecule has 1 aliphatic heterocycles. The summed E-state index contributed by atoms with van der Waals surface area (Å²) in [6, 6.07) is 4.65. The van der Waals surface area contributed by atoms with Crippen LogP contribution in [0.4, 0.5) is 0 Å². The van der Waals surface area contributed by atoms with Crippen molar-refractivity contribution in [2.24, 2.45) is 5.92 Å². The van der Waals surface area contributed by atoms with E-state index in [0.29, 0.717) is 12.0 Å². The van der Waals surface area contributed by atoms with E-state index in [0.717, 1.165) is 39.1 Å². The van der Waals surface area contributed by atoms with Crippen LogP contribution in [0.5, 0.6) is 0 Å². The van der Waals surface area contributed by atoms with Crippen molar-refractivity contribution in [1.29, 1.82) is 0 Å². The molecule has 1 N–H and O–H groups in total. The van der Waals surface area contributed by atoms with Crippen molar-refractivity contribution >= 4 is 0 Å². The van der Waals surface area contributed by atoms with Crippen molar-refractivity contribution in [2.75, 3.05) is 32.8 Å². The van der Waals surface area contributed by atoms with Gasteiger partial charge in [0.25, 0.3) is 0 Å². The van der Waals surface area contributed by atoms with Crippen molar-refractivity contribution in [3.63, 3.8) is 0 Å². The fourth-order valence-electron chi connectivity index (χ4n) is 2.98. The zero-order chi connectivity index (χ0) is 14.4. The lowest BCUT2D eigenvalue weighted by Gasteiger charge is -2.42. The zero-order valence-corrected chi connectivity index (χ0v) is 12.7. The zero-order valence-electron chi connectivity index (χ0n) is 12.7. The maximum absolute atomic E-state index is 9.29. The number of pyridine rings is 1. The van der Waals surface area contributed by atoms with E-state index in [-0.39, 0.29) is 6.61 Å². The van der Waals surface area contributed by atoms with Gasteiger partial charge in [0.2, 0.25) is 0 Å². The molecule has 0 unspecified atom stereocenters. The number of hydrogen-bond acceptors (Lipinski definition) is 4. The number of rotatable bonds is 6. The normalized spacial score (nSPS) is 21.5. The van der Waals surface area contributed by atoms with Gasteiger partial charge in [0, 0.05) is 57.8 Å². The Labute approximate surface area is 122 Å². The minimum Gasteiger partial charge on any atom is -0.396 e. The molecule has 4 nitrogen and oxygen atoms in total. The van der Waals surface area contributed by atoms with Gasteiger partial charge in [-0.2, -0.15) is 0 Å². The van der Waals surface area contributed by atoms with E-state index in [1.54, 1.807) is 0 Å². The Bertz CT molecular complexity index is 383. The van der Waals surface area contributed by atoms with E-state index in [1.165, 1.54) is 5.56 Å². The standard InChI is InChI=1S/C16H27N3O/c1-14(2)11-19-9-8-18(13-16(19)5-10-20)12-15-3-6-17-7-4-15/h3-4,6-7,14,16,20H,5,8-13H2,1-2H3/t16-/m1/s1. The largest absolute Gasteiger partial charge is 0.396 e. The maximum atomic E-state index is 9.29. The van der Waals surface area contributed by atoms with Crippen molar-refractivity contribution in [2.45, 2.75) is 32.9 Å². The second-order valence-corrected chi connectivity index (χ2v) is 6.15. The summed E-state index contributed by atoms with van der Waals surface area (Å²) in [5, 5.41) is 9.29. The van der Waals surface area contributed by atoms with Gasteiger partial charge < -0.3 is 5.11 Å². The fraction of sp³-hybridized carbons (Fsp3) is 0.688. The van der Waals surface area contributed by atoms with Crippen molar-refractivity contribution in [3.05, 3.63) is 30.1 Å². The molecule has 2 heterocycles. The van der Waals surface area contributed by atoms with Gasteiger partial charge in [-0.15, -0.1) is 0 Å². The average molecular weight is 277 g/mol. The highest BCUT2D eigenvalue weighted by Crippen LogP contribution is 2.16. The van der Waals surface area contributed by atoms with Crippen molar-refractivity contribution < 1.29 is 5.11 Å².